The van der Waals surface area contributed by atoms with Crippen molar-refractivity contribution in [1.29, 1.82) is 0 Å². The molecule has 0 saturated carbocycles. The lowest BCUT2D eigenvalue weighted by atomic mass is 9.99. The summed E-state index contributed by atoms with van der Waals surface area (Å²) in [6, 6.07) is 3.96. The van der Waals surface area contributed by atoms with Crippen molar-refractivity contribution in [3.63, 3.8) is 0 Å². The van der Waals surface area contributed by atoms with Crippen LogP contribution in [0.25, 0.3) is 0 Å². The van der Waals surface area contributed by atoms with Crippen LogP contribution in [0, 0.1) is 0 Å². The van der Waals surface area contributed by atoms with Gasteiger partial charge in [-0.15, -0.1) is 0 Å². The molecule has 0 heterocycles. The number of hydrogen-bond acceptors (Lipinski definition) is 3. The van der Waals surface area contributed by atoms with Gasteiger partial charge in [-0.1, -0.05) is 19.9 Å². The summed E-state index contributed by atoms with van der Waals surface area (Å²) < 4.78 is 44.5. The molecule has 0 aromatic heterocycles. The van der Waals surface area contributed by atoms with Gasteiger partial charge in [-0.2, -0.15) is 13.2 Å². The molecule has 120 valence electrons. The summed E-state index contributed by atoms with van der Waals surface area (Å²) in [4.78, 5) is 0. The van der Waals surface area contributed by atoms with E-state index in [9.17, 15) is 18.3 Å². The number of halogens is 3. The molecule has 0 aliphatic rings. The van der Waals surface area contributed by atoms with Crippen LogP contribution in [0.15, 0.2) is 18.2 Å². The number of benzene rings is 1. The summed E-state index contributed by atoms with van der Waals surface area (Å²) in [5, 5.41) is 12.9. The van der Waals surface area contributed by atoms with Gasteiger partial charge in [0, 0.05) is 6.54 Å². The Morgan fingerprint density at radius 2 is 1.81 bits per heavy atom. The first-order valence-corrected chi connectivity index (χ1v) is 6.95. The van der Waals surface area contributed by atoms with Gasteiger partial charge >= 0.3 is 6.18 Å². The second kappa shape index (κ2) is 7.13. The van der Waals surface area contributed by atoms with E-state index in [1.807, 2.05) is 0 Å². The van der Waals surface area contributed by atoms with E-state index in [0.29, 0.717) is 24.9 Å². The lowest BCUT2D eigenvalue weighted by Crippen LogP contribution is -2.34. The van der Waals surface area contributed by atoms with E-state index in [4.69, 9.17) is 4.74 Å². The van der Waals surface area contributed by atoms with Gasteiger partial charge in [0.2, 0.25) is 0 Å². The van der Waals surface area contributed by atoms with Crippen LogP contribution in [-0.4, -0.2) is 24.4 Å². The predicted molar refractivity (Wildman–Crippen MR) is 75.2 cm³/mol. The van der Waals surface area contributed by atoms with E-state index in [1.165, 1.54) is 6.07 Å². The zero-order valence-electron chi connectivity index (χ0n) is 12.5. The third kappa shape index (κ3) is 4.89. The molecule has 0 aliphatic heterocycles. The Labute approximate surface area is 123 Å². The summed E-state index contributed by atoms with van der Waals surface area (Å²) in [6.45, 7) is 3.73. The summed E-state index contributed by atoms with van der Waals surface area (Å²) in [7, 11) is 1.67. The minimum Gasteiger partial charge on any atom is -0.490 e. The van der Waals surface area contributed by atoms with Crippen LogP contribution in [-0.2, 0) is 12.7 Å². The fourth-order valence-electron chi connectivity index (χ4n) is 1.90. The van der Waals surface area contributed by atoms with E-state index < -0.39 is 17.3 Å². The molecule has 21 heavy (non-hydrogen) atoms. The smallest absolute Gasteiger partial charge is 0.419 e. The lowest BCUT2D eigenvalue weighted by molar-refractivity contribution is -0.139. The normalized spacial score (nSPS) is 12.5. The van der Waals surface area contributed by atoms with Gasteiger partial charge in [0.1, 0.15) is 12.4 Å². The van der Waals surface area contributed by atoms with Crippen LogP contribution < -0.4 is 10.1 Å². The fourth-order valence-corrected chi connectivity index (χ4v) is 1.90. The summed E-state index contributed by atoms with van der Waals surface area (Å²) in [5.74, 6) is -0.248. The van der Waals surface area contributed by atoms with Crippen molar-refractivity contribution < 1.29 is 23.0 Å². The third-order valence-electron chi connectivity index (χ3n) is 3.54. The Bertz CT molecular complexity index is 457. The zero-order valence-corrected chi connectivity index (χ0v) is 12.5. The molecular weight excluding hydrogens is 283 g/mol. The maximum atomic E-state index is 13.1. The molecule has 0 spiro atoms. The average Bonchev–Trinajstić information content (AvgIpc) is 2.45. The van der Waals surface area contributed by atoms with Crippen LogP contribution in [0.1, 0.15) is 37.8 Å². The minimum atomic E-state index is -4.49. The molecule has 0 unspecified atom stereocenters. The number of rotatable bonds is 7. The van der Waals surface area contributed by atoms with Crippen molar-refractivity contribution in [2.45, 2.75) is 45.0 Å². The van der Waals surface area contributed by atoms with Crippen molar-refractivity contribution in [2.75, 3.05) is 13.7 Å². The maximum Gasteiger partial charge on any atom is 0.419 e. The predicted octanol–water partition coefficient (Wildman–Crippen LogP) is 3.35. The zero-order chi connectivity index (χ0) is 16.1. The van der Waals surface area contributed by atoms with E-state index in [-0.39, 0.29) is 12.4 Å². The van der Waals surface area contributed by atoms with Crippen LogP contribution in [0.4, 0.5) is 13.2 Å². The molecular formula is C15H22F3NO2. The fraction of sp³-hybridized carbons (Fsp3) is 0.600. The topological polar surface area (TPSA) is 41.5 Å². The maximum absolute atomic E-state index is 13.1. The van der Waals surface area contributed by atoms with Gasteiger partial charge < -0.3 is 15.2 Å². The van der Waals surface area contributed by atoms with E-state index in [2.05, 4.69) is 5.32 Å². The molecule has 6 heteroatoms. The highest BCUT2D eigenvalue weighted by Crippen LogP contribution is 2.37. The first kappa shape index (κ1) is 17.8. The Hall–Kier alpha value is -1.27. The Balaban J connectivity index is 3.01. The number of ether oxygens (including phenoxy) is 1. The molecule has 3 nitrogen and oxygen atoms in total. The lowest BCUT2D eigenvalue weighted by Gasteiger charge is -2.26. The number of nitrogens with one attached hydrogen (secondary N) is 1. The second-order valence-corrected chi connectivity index (χ2v) is 5.08. The van der Waals surface area contributed by atoms with E-state index >= 15 is 0 Å². The molecule has 0 radical (unpaired) electrons. The standard InChI is InChI=1S/C15H22F3NO2/c1-4-14(20,5-2)10-21-13-7-6-11(9-19-3)8-12(13)15(16,17)18/h6-8,19-20H,4-5,9-10H2,1-3H3. The van der Waals surface area contributed by atoms with Crippen LogP contribution in [0.2, 0.25) is 0 Å². The van der Waals surface area contributed by atoms with Gasteiger partial charge in [-0.25, -0.2) is 0 Å². The van der Waals surface area contributed by atoms with Crippen molar-refractivity contribution in [2.24, 2.45) is 0 Å². The first-order chi connectivity index (χ1) is 9.75. The highest BCUT2D eigenvalue weighted by molar-refractivity contribution is 5.39. The average molecular weight is 305 g/mol. The van der Waals surface area contributed by atoms with Crippen molar-refractivity contribution in [1.82, 2.24) is 5.32 Å². The van der Waals surface area contributed by atoms with Crippen LogP contribution in [0.5, 0.6) is 5.75 Å². The van der Waals surface area contributed by atoms with Crippen LogP contribution in [0.3, 0.4) is 0 Å². The Kier molecular flexibility index (Phi) is 6.04. The SMILES string of the molecule is CCC(O)(CC)COc1ccc(CNC)cc1C(F)(F)F. The largest absolute Gasteiger partial charge is 0.490 e. The summed E-state index contributed by atoms with van der Waals surface area (Å²) >= 11 is 0. The summed E-state index contributed by atoms with van der Waals surface area (Å²) in [6.07, 6.45) is -3.65. The van der Waals surface area contributed by atoms with Crippen molar-refractivity contribution in [3.05, 3.63) is 29.3 Å². The van der Waals surface area contributed by atoms with Crippen LogP contribution >= 0.6 is 0 Å². The van der Waals surface area contributed by atoms with Gasteiger partial charge in [-0.05, 0) is 37.6 Å². The van der Waals surface area contributed by atoms with Crippen molar-refractivity contribution >= 4 is 0 Å². The monoisotopic (exact) mass is 305 g/mol. The molecule has 0 saturated heterocycles. The van der Waals surface area contributed by atoms with E-state index in [0.717, 1.165) is 6.07 Å². The molecule has 0 fully saturated rings. The van der Waals surface area contributed by atoms with Crippen molar-refractivity contribution in [3.8, 4) is 5.75 Å². The highest BCUT2D eigenvalue weighted by Gasteiger charge is 2.35. The number of alkyl halides is 3. The second-order valence-electron chi connectivity index (χ2n) is 5.08. The number of hydrogen-bond donors (Lipinski definition) is 2. The number of aliphatic hydroxyl groups is 1. The Morgan fingerprint density at radius 3 is 2.29 bits per heavy atom. The molecule has 0 atom stereocenters. The van der Waals surface area contributed by atoms with Gasteiger partial charge in [0.05, 0.1) is 11.2 Å². The third-order valence-corrected chi connectivity index (χ3v) is 3.54. The molecule has 0 amide bonds. The van der Waals surface area contributed by atoms with E-state index in [1.54, 1.807) is 27.0 Å². The molecule has 0 bridgehead atoms. The van der Waals surface area contributed by atoms with Gasteiger partial charge in [0.15, 0.2) is 0 Å². The van der Waals surface area contributed by atoms with Gasteiger partial charge in [-0.3, -0.25) is 0 Å². The van der Waals surface area contributed by atoms with Gasteiger partial charge in [0.25, 0.3) is 0 Å². The molecule has 1 aromatic carbocycles. The first-order valence-electron chi connectivity index (χ1n) is 6.95. The quantitative estimate of drug-likeness (QED) is 0.811. The molecule has 1 aromatic rings. The molecule has 2 N–H and O–H groups in total. The Morgan fingerprint density at radius 1 is 1.19 bits per heavy atom. The molecule has 1 rings (SSSR count). The summed E-state index contributed by atoms with van der Waals surface area (Å²) in [5.41, 5.74) is -1.39. The highest BCUT2D eigenvalue weighted by atomic mass is 19.4. The minimum absolute atomic E-state index is 0.158. The molecule has 0 aliphatic carbocycles.